The van der Waals surface area contributed by atoms with Crippen LogP contribution in [0.5, 0.6) is 0 Å². The van der Waals surface area contributed by atoms with Gasteiger partial charge in [-0.05, 0) is 37.1 Å². The average Bonchev–Trinajstić information content (AvgIpc) is 2.29. The van der Waals surface area contributed by atoms with Gasteiger partial charge in [0.05, 0.1) is 4.90 Å². The summed E-state index contributed by atoms with van der Waals surface area (Å²) in [6.45, 7) is 1.03. The van der Waals surface area contributed by atoms with Crippen molar-refractivity contribution < 1.29 is 8.42 Å². The van der Waals surface area contributed by atoms with E-state index in [4.69, 9.17) is 5.14 Å². The van der Waals surface area contributed by atoms with E-state index in [1.54, 1.807) is 12.1 Å². The van der Waals surface area contributed by atoms with E-state index in [-0.39, 0.29) is 4.90 Å². The van der Waals surface area contributed by atoms with Crippen LogP contribution in [0.15, 0.2) is 29.2 Å². The zero-order chi connectivity index (χ0) is 11.6. The van der Waals surface area contributed by atoms with E-state index in [2.05, 4.69) is 5.32 Å². The van der Waals surface area contributed by atoms with Gasteiger partial charge in [0.25, 0.3) is 0 Å². The molecular weight excluding hydrogens is 224 g/mol. The van der Waals surface area contributed by atoms with E-state index >= 15 is 0 Å². The molecule has 5 heteroatoms. The Bertz CT molecular complexity index is 447. The topological polar surface area (TPSA) is 72.2 Å². The third kappa shape index (κ3) is 2.61. The van der Waals surface area contributed by atoms with Gasteiger partial charge in [0.2, 0.25) is 10.0 Å². The predicted molar refractivity (Wildman–Crippen MR) is 62.4 cm³/mol. The van der Waals surface area contributed by atoms with E-state index in [0.29, 0.717) is 6.04 Å². The Kier molecular flexibility index (Phi) is 3.28. The maximum atomic E-state index is 11.1. The molecule has 1 atom stereocenters. The Morgan fingerprint density at radius 3 is 2.38 bits per heavy atom. The zero-order valence-electron chi connectivity index (χ0n) is 9.02. The standard InChI is InChI=1S/C11H16N2O2S/c12-16(14,15)10-6-4-9(5-7-10)11-3-1-2-8-13-11/h4-7,11,13H,1-3,8H2,(H2,12,14,15)/t11-/m1/s1. The highest BCUT2D eigenvalue weighted by Crippen LogP contribution is 2.23. The van der Waals surface area contributed by atoms with Crippen LogP contribution in [0.25, 0.3) is 0 Å². The van der Waals surface area contributed by atoms with Crippen molar-refractivity contribution >= 4 is 10.0 Å². The monoisotopic (exact) mass is 240 g/mol. The summed E-state index contributed by atoms with van der Waals surface area (Å²) in [5.74, 6) is 0. The lowest BCUT2D eigenvalue weighted by molar-refractivity contribution is 0.412. The third-order valence-electron chi connectivity index (χ3n) is 2.92. The number of piperidine rings is 1. The summed E-state index contributed by atoms with van der Waals surface area (Å²) in [5, 5.41) is 8.45. The van der Waals surface area contributed by atoms with Crippen molar-refractivity contribution in [3.63, 3.8) is 0 Å². The summed E-state index contributed by atoms with van der Waals surface area (Å²) in [5.41, 5.74) is 1.13. The second-order valence-corrected chi connectivity index (χ2v) is 5.68. The molecule has 4 nitrogen and oxygen atoms in total. The van der Waals surface area contributed by atoms with Crippen LogP contribution >= 0.6 is 0 Å². The molecule has 1 aromatic carbocycles. The van der Waals surface area contributed by atoms with E-state index < -0.39 is 10.0 Å². The fourth-order valence-electron chi connectivity index (χ4n) is 2.03. The maximum Gasteiger partial charge on any atom is 0.238 e. The van der Waals surface area contributed by atoms with Crippen LogP contribution < -0.4 is 10.5 Å². The van der Waals surface area contributed by atoms with Crippen LogP contribution in [-0.4, -0.2) is 15.0 Å². The Balaban J connectivity index is 2.18. The SMILES string of the molecule is NS(=O)(=O)c1ccc([C@H]2CCCCN2)cc1. The van der Waals surface area contributed by atoms with Gasteiger partial charge in [0, 0.05) is 6.04 Å². The zero-order valence-corrected chi connectivity index (χ0v) is 9.83. The molecule has 1 saturated heterocycles. The summed E-state index contributed by atoms with van der Waals surface area (Å²) >= 11 is 0. The normalized spacial score (nSPS) is 21.9. The number of sulfonamides is 1. The minimum absolute atomic E-state index is 0.173. The number of hydrogen-bond acceptors (Lipinski definition) is 3. The van der Waals surface area contributed by atoms with Crippen molar-refractivity contribution in [2.75, 3.05) is 6.54 Å². The molecule has 2 rings (SSSR count). The largest absolute Gasteiger partial charge is 0.310 e. The molecule has 0 aliphatic carbocycles. The van der Waals surface area contributed by atoms with Gasteiger partial charge >= 0.3 is 0 Å². The van der Waals surface area contributed by atoms with E-state index in [1.165, 1.54) is 12.8 Å². The van der Waals surface area contributed by atoms with Crippen molar-refractivity contribution in [1.82, 2.24) is 5.32 Å². The average molecular weight is 240 g/mol. The van der Waals surface area contributed by atoms with Crippen LogP contribution in [0, 0.1) is 0 Å². The van der Waals surface area contributed by atoms with Crippen LogP contribution in [0.2, 0.25) is 0 Å². The summed E-state index contributed by atoms with van der Waals surface area (Å²) in [6.07, 6.45) is 3.54. The highest BCUT2D eigenvalue weighted by molar-refractivity contribution is 7.89. The second-order valence-electron chi connectivity index (χ2n) is 4.12. The van der Waals surface area contributed by atoms with Crippen LogP contribution in [0.1, 0.15) is 30.9 Å². The number of rotatable bonds is 2. The number of primary sulfonamides is 1. The van der Waals surface area contributed by atoms with Crippen molar-refractivity contribution in [2.24, 2.45) is 5.14 Å². The first-order valence-electron chi connectivity index (χ1n) is 5.43. The van der Waals surface area contributed by atoms with Crippen LogP contribution in [0.3, 0.4) is 0 Å². The first-order valence-corrected chi connectivity index (χ1v) is 6.98. The van der Waals surface area contributed by atoms with Crippen molar-refractivity contribution in [3.8, 4) is 0 Å². The summed E-state index contributed by atoms with van der Waals surface area (Å²) < 4.78 is 22.2. The fraction of sp³-hybridized carbons (Fsp3) is 0.455. The number of hydrogen-bond donors (Lipinski definition) is 2. The van der Waals surface area contributed by atoms with E-state index in [1.807, 2.05) is 12.1 Å². The Labute approximate surface area is 95.9 Å². The molecule has 0 saturated carbocycles. The van der Waals surface area contributed by atoms with Gasteiger partial charge in [-0.2, -0.15) is 0 Å². The molecule has 0 bridgehead atoms. The highest BCUT2D eigenvalue weighted by atomic mass is 32.2. The first-order chi connectivity index (χ1) is 7.57. The molecule has 0 unspecified atom stereocenters. The van der Waals surface area contributed by atoms with Crippen molar-refractivity contribution in [3.05, 3.63) is 29.8 Å². The smallest absolute Gasteiger partial charge is 0.238 e. The van der Waals surface area contributed by atoms with Gasteiger partial charge in [-0.1, -0.05) is 18.6 Å². The molecule has 3 N–H and O–H groups in total. The summed E-state index contributed by atoms with van der Waals surface area (Å²) in [7, 11) is -3.57. The maximum absolute atomic E-state index is 11.1. The van der Waals surface area contributed by atoms with Gasteiger partial charge in [-0.3, -0.25) is 0 Å². The lowest BCUT2D eigenvalue weighted by Gasteiger charge is -2.23. The Morgan fingerprint density at radius 2 is 1.88 bits per heavy atom. The Morgan fingerprint density at radius 1 is 1.19 bits per heavy atom. The first kappa shape index (κ1) is 11.6. The molecule has 88 valence electrons. The predicted octanol–water partition coefficient (Wildman–Crippen LogP) is 1.15. The fourth-order valence-corrected chi connectivity index (χ4v) is 2.54. The number of benzene rings is 1. The minimum atomic E-state index is -3.57. The molecule has 0 radical (unpaired) electrons. The van der Waals surface area contributed by atoms with Crippen molar-refractivity contribution in [2.45, 2.75) is 30.2 Å². The summed E-state index contributed by atoms with van der Waals surface area (Å²) in [4.78, 5) is 0.173. The molecule has 1 heterocycles. The molecule has 0 aromatic heterocycles. The molecular formula is C11H16N2O2S. The van der Waals surface area contributed by atoms with Gasteiger partial charge in [0.15, 0.2) is 0 Å². The Hall–Kier alpha value is -0.910. The van der Waals surface area contributed by atoms with Crippen molar-refractivity contribution in [1.29, 1.82) is 0 Å². The molecule has 1 aliphatic rings. The van der Waals surface area contributed by atoms with E-state index in [9.17, 15) is 8.42 Å². The molecule has 1 aliphatic heterocycles. The molecule has 1 aromatic rings. The van der Waals surface area contributed by atoms with Gasteiger partial charge in [0.1, 0.15) is 0 Å². The lowest BCUT2D eigenvalue weighted by Crippen LogP contribution is -2.26. The highest BCUT2D eigenvalue weighted by Gasteiger charge is 2.15. The molecule has 1 fully saturated rings. The molecule has 0 spiro atoms. The number of nitrogens with one attached hydrogen (secondary N) is 1. The number of nitrogens with two attached hydrogens (primary N) is 1. The third-order valence-corrected chi connectivity index (χ3v) is 3.85. The van der Waals surface area contributed by atoms with Crippen LogP contribution in [0.4, 0.5) is 0 Å². The summed E-state index contributed by atoms with van der Waals surface area (Å²) in [6, 6.07) is 7.16. The molecule has 0 amide bonds. The second kappa shape index (κ2) is 4.53. The van der Waals surface area contributed by atoms with E-state index in [0.717, 1.165) is 18.5 Å². The van der Waals surface area contributed by atoms with Crippen LogP contribution in [-0.2, 0) is 10.0 Å². The van der Waals surface area contributed by atoms with Gasteiger partial charge < -0.3 is 5.32 Å². The van der Waals surface area contributed by atoms with Gasteiger partial charge in [-0.25, -0.2) is 13.6 Å². The molecule has 16 heavy (non-hydrogen) atoms. The van der Waals surface area contributed by atoms with Gasteiger partial charge in [-0.15, -0.1) is 0 Å². The minimum Gasteiger partial charge on any atom is -0.310 e. The lowest BCUT2D eigenvalue weighted by atomic mass is 9.98. The quantitative estimate of drug-likeness (QED) is 0.814.